The maximum absolute atomic E-state index is 11.0. The van der Waals surface area contributed by atoms with Crippen LogP contribution in [0.15, 0.2) is 30.3 Å². The molecule has 2 aromatic carbocycles. The predicted octanol–water partition coefficient (Wildman–Crippen LogP) is 6.02. The Morgan fingerprint density at radius 2 is 1.63 bits per heavy atom. The lowest BCUT2D eigenvalue weighted by Gasteiger charge is -2.21. The van der Waals surface area contributed by atoms with Gasteiger partial charge in [0, 0.05) is 23.3 Å². The molecule has 0 unspecified atom stereocenters. The molecule has 3 N–H and O–H groups in total. The Morgan fingerprint density at radius 1 is 0.971 bits per heavy atom. The number of carboxylic acids is 1. The van der Waals surface area contributed by atoms with Gasteiger partial charge in [-0.2, -0.15) is 0 Å². The Kier molecular flexibility index (Phi) is 10.4. The first kappa shape index (κ1) is 28.0. The zero-order valence-electron chi connectivity index (χ0n) is 21.6. The summed E-state index contributed by atoms with van der Waals surface area (Å²) in [6.45, 7) is 11.4. The number of aromatic hydroxyl groups is 1. The highest BCUT2D eigenvalue weighted by Gasteiger charge is 2.20. The minimum atomic E-state index is -0.897. The van der Waals surface area contributed by atoms with Crippen LogP contribution in [0, 0.1) is 10.8 Å². The van der Waals surface area contributed by atoms with E-state index in [4.69, 9.17) is 24.7 Å². The van der Waals surface area contributed by atoms with Crippen LogP contribution in [0.4, 0.5) is 0 Å². The number of ether oxygens (including phenoxy) is 3. The molecule has 2 aromatic rings. The zero-order chi connectivity index (χ0) is 26.0. The number of benzene rings is 2. The average Bonchev–Trinajstić information content (AvgIpc) is 2.75. The summed E-state index contributed by atoms with van der Waals surface area (Å²) in [4.78, 5) is 11.0. The van der Waals surface area contributed by atoms with Crippen molar-refractivity contribution in [1.29, 1.82) is 5.41 Å². The van der Waals surface area contributed by atoms with E-state index in [0.29, 0.717) is 73.2 Å². The molecule has 0 aliphatic rings. The molecule has 7 nitrogen and oxygen atoms in total. The molecular weight excluding hydrogens is 446 g/mol. The van der Waals surface area contributed by atoms with E-state index < -0.39 is 5.97 Å². The summed E-state index contributed by atoms with van der Waals surface area (Å²) in [6, 6.07) is 8.75. The fourth-order valence-corrected chi connectivity index (χ4v) is 3.76. The van der Waals surface area contributed by atoms with Crippen LogP contribution in [0.2, 0.25) is 0 Å². The van der Waals surface area contributed by atoms with Gasteiger partial charge in [-0.25, -0.2) is 0 Å². The van der Waals surface area contributed by atoms with E-state index in [1.54, 1.807) is 24.3 Å². The molecule has 0 bridgehead atoms. The quantitative estimate of drug-likeness (QED) is 0.223. The molecule has 0 aromatic heterocycles. The smallest absolute Gasteiger partial charge is 0.307 e. The van der Waals surface area contributed by atoms with Gasteiger partial charge in [0.25, 0.3) is 0 Å². The molecule has 0 spiro atoms. The maximum atomic E-state index is 11.0. The number of phenols is 1. The van der Waals surface area contributed by atoms with Gasteiger partial charge in [-0.05, 0) is 55.0 Å². The van der Waals surface area contributed by atoms with Crippen molar-refractivity contribution in [3.05, 3.63) is 47.0 Å². The molecule has 35 heavy (non-hydrogen) atoms. The van der Waals surface area contributed by atoms with Crippen LogP contribution in [0.3, 0.4) is 0 Å². The molecule has 7 heteroatoms. The second-order valence-corrected chi connectivity index (χ2v) is 9.74. The normalized spacial score (nSPS) is 11.2. The van der Waals surface area contributed by atoms with Gasteiger partial charge in [-0.1, -0.05) is 40.2 Å². The molecule has 0 saturated heterocycles. The first-order valence-electron chi connectivity index (χ1n) is 12.2. The van der Waals surface area contributed by atoms with Gasteiger partial charge < -0.3 is 29.8 Å². The van der Waals surface area contributed by atoms with Crippen molar-refractivity contribution < 1.29 is 29.2 Å². The number of rotatable bonds is 14. The summed E-state index contributed by atoms with van der Waals surface area (Å²) in [6.07, 6.45) is 2.62. The number of aliphatic carboxylic acids is 1. The third-order valence-corrected chi connectivity index (χ3v) is 5.24. The van der Waals surface area contributed by atoms with Gasteiger partial charge >= 0.3 is 5.97 Å². The Balaban J connectivity index is 2.00. The molecule has 0 aliphatic carbocycles. The highest BCUT2D eigenvalue weighted by Crippen LogP contribution is 2.35. The van der Waals surface area contributed by atoms with Gasteiger partial charge in [0.05, 0.1) is 26.2 Å². The Bertz CT molecular complexity index is 1010. The van der Waals surface area contributed by atoms with Gasteiger partial charge in [0.1, 0.15) is 11.5 Å². The summed E-state index contributed by atoms with van der Waals surface area (Å²) < 4.78 is 17.4. The molecule has 0 saturated carbocycles. The number of nitrogens with one attached hydrogen (secondary N) is 1. The van der Waals surface area contributed by atoms with Gasteiger partial charge in [-0.3, -0.25) is 4.79 Å². The first-order chi connectivity index (χ1) is 16.6. The molecule has 0 atom stereocenters. The van der Waals surface area contributed by atoms with Crippen molar-refractivity contribution in [2.24, 2.45) is 5.41 Å². The highest BCUT2D eigenvalue weighted by molar-refractivity contribution is 6.01. The van der Waals surface area contributed by atoms with Crippen LogP contribution in [-0.4, -0.2) is 41.7 Å². The molecular formula is C28H39NO6. The molecule has 2 rings (SSSR count). The van der Waals surface area contributed by atoms with Crippen molar-refractivity contribution in [2.75, 3.05) is 19.8 Å². The predicted molar refractivity (Wildman–Crippen MR) is 138 cm³/mol. The largest absolute Gasteiger partial charge is 0.507 e. The van der Waals surface area contributed by atoms with E-state index in [-0.39, 0.29) is 17.6 Å². The molecule has 0 heterocycles. The molecule has 0 aliphatic heterocycles. The molecule has 0 fully saturated rings. The van der Waals surface area contributed by atoms with Crippen LogP contribution in [0.1, 0.15) is 70.6 Å². The molecule has 192 valence electrons. The number of carbonyl (C=O) groups is 1. The SMILES string of the molecule is CCCc1c(OCCCOc2ccc(CC(=O)O)cc2OCC)ccc(C(=N)CC(C)(C)C)c1O. The van der Waals surface area contributed by atoms with Gasteiger partial charge in [-0.15, -0.1) is 0 Å². The Labute approximate surface area is 208 Å². The monoisotopic (exact) mass is 485 g/mol. The second kappa shape index (κ2) is 13.0. The van der Waals surface area contributed by atoms with E-state index >= 15 is 0 Å². The standard InChI is InChI=1S/C28H39NO6/c1-6-9-21-23(13-11-20(27(21)32)22(29)18-28(3,4)5)34-14-8-15-35-24-12-10-19(17-26(30)31)16-25(24)33-7-2/h10-13,16,29,32H,6-9,14-15,17-18H2,1-5H3,(H,30,31). The van der Waals surface area contributed by atoms with Gasteiger partial charge in [0.2, 0.25) is 0 Å². The van der Waals surface area contributed by atoms with Crippen LogP contribution < -0.4 is 14.2 Å². The topological polar surface area (TPSA) is 109 Å². The second-order valence-electron chi connectivity index (χ2n) is 9.74. The lowest BCUT2D eigenvalue weighted by atomic mass is 9.86. The van der Waals surface area contributed by atoms with Crippen LogP contribution in [-0.2, 0) is 17.6 Å². The first-order valence-corrected chi connectivity index (χ1v) is 12.2. The van der Waals surface area contributed by atoms with Crippen molar-refractivity contribution in [3.63, 3.8) is 0 Å². The summed E-state index contributed by atoms with van der Waals surface area (Å²) in [5, 5.41) is 28.3. The number of phenolic OH excluding ortho intramolecular Hbond substituents is 1. The van der Waals surface area contributed by atoms with Crippen molar-refractivity contribution in [3.8, 4) is 23.0 Å². The van der Waals surface area contributed by atoms with Crippen molar-refractivity contribution >= 4 is 11.7 Å². The van der Waals surface area contributed by atoms with E-state index in [1.165, 1.54) is 0 Å². The summed E-state index contributed by atoms with van der Waals surface area (Å²) >= 11 is 0. The fraction of sp³-hybridized carbons (Fsp3) is 0.500. The van der Waals surface area contributed by atoms with Gasteiger partial charge in [0.15, 0.2) is 11.5 Å². The zero-order valence-corrected chi connectivity index (χ0v) is 21.6. The van der Waals surface area contributed by atoms with E-state index in [0.717, 1.165) is 12.0 Å². The highest BCUT2D eigenvalue weighted by atomic mass is 16.5. The third-order valence-electron chi connectivity index (χ3n) is 5.24. The maximum Gasteiger partial charge on any atom is 0.307 e. The van der Waals surface area contributed by atoms with E-state index in [1.807, 2.05) is 19.9 Å². The molecule has 0 radical (unpaired) electrons. The van der Waals surface area contributed by atoms with E-state index in [2.05, 4.69) is 20.8 Å². The summed E-state index contributed by atoms with van der Waals surface area (Å²) in [5.74, 6) is 0.954. The van der Waals surface area contributed by atoms with Crippen LogP contribution in [0.25, 0.3) is 0 Å². The fourth-order valence-electron chi connectivity index (χ4n) is 3.76. The van der Waals surface area contributed by atoms with Crippen molar-refractivity contribution in [1.82, 2.24) is 0 Å². The Hall–Kier alpha value is -3.22. The number of hydrogen-bond donors (Lipinski definition) is 3. The number of hydrogen-bond acceptors (Lipinski definition) is 6. The third kappa shape index (κ3) is 8.81. The lowest BCUT2D eigenvalue weighted by molar-refractivity contribution is -0.136. The van der Waals surface area contributed by atoms with E-state index in [9.17, 15) is 9.90 Å². The van der Waals surface area contributed by atoms with Crippen LogP contribution in [0.5, 0.6) is 23.0 Å². The minimum absolute atomic E-state index is 0.0395. The minimum Gasteiger partial charge on any atom is -0.507 e. The summed E-state index contributed by atoms with van der Waals surface area (Å²) in [7, 11) is 0. The number of carboxylic acid groups (broad SMARTS) is 1. The average molecular weight is 486 g/mol. The molecule has 0 amide bonds. The lowest BCUT2D eigenvalue weighted by Crippen LogP contribution is -2.14. The van der Waals surface area contributed by atoms with Crippen LogP contribution >= 0.6 is 0 Å². The summed E-state index contributed by atoms with van der Waals surface area (Å²) in [5.41, 5.74) is 2.33. The van der Waals surface area contributed by atoms with Crippen molar-refractivity contribution in [2.45, 2.75) is 66.7 Å². The Morgan fingerprint density at radius 3 is 2.23 bits per heavy atom.